The topological polar surface area (TPSA) is 76.1 Å². The number of ether oxygens (including phenoxy) is 1. The predicted molar refractivity (Wildman–Crippen MR) is 64.1 cm³/mol. The Balaban J connectivity index is 2.76. The Labute approximate surface area is 101 Å². The molecule has 0 aliphatic heterocycles. The minimum atomic E-state index is -1.04. The largest absolute Gasteiger partial charge is 0.465 e. The first kappa shape index (κ1) is 13.2. The van der Waals surface area contributed by atoms with Gasteiger partial charge in [-0.1, -0.05) is 12.1 Å². The highest BCUT2D eigenvalue weighted by Crippen LogP contribution is 2.13. The van der Waals surface area contributed by atoms with E-state index in [-0.39, 0.29) is 0 Å². The molecule has 0 aromatic heterocycles. The van der Waals surface area contributed by atoms with Gasteiger partial charge in [-0.2, -0.15) is 5.26 Å². The second-order valence-corrected chi connectivity index (χ2v) is 4.12. The molecule has 4 nitrogen and oxygen atoms in total. The fraction of sp³-hybridized carbons (Fsp3) is 0.385. The fourth-order valence-electron chi connectivity index (χ4n) is 1.49. The summed E-state index contributed by atoms with van der Waals surface area (Å²) in [5.41, 5.74) is 6.36. The third-order valence-electron chi connectivity index (χ3n) is 2.40. The van der Waals surface area contributed by atoms with Gasteiger partial charge in [0.2, 0.25) is 0 Å². The molecule has 2 N–H and O–H groups in total. The van der Waals surface area contributed by atoms with Crippen molar-refractivity contribution in [1.82, 2.24) is 0 Å². The molecule has 0 heterocycles. The van der Waals surface area contributed by atoms with E-state index in [0.717, 1.165) is 5.56 Å². The van der Waals surface area contributed by atoms with E-state index < -0.39 is 11.5 Å². The molecule has 1 rings (SSSR count). The van der Waals surface area contributed by atoms with Crippen LogP contribution in [0.4, 0.5) is 0 Å². The van der Waals surface area contributed by atoms with E-state index in [4.69, 9.17) is 15.7 Å². The van der Waals surface area contributed by atoms with Crippen LogP contribution in [0.5, 0.6) is 0 Å². The van der Waals surface area contributed by atoms with Crippen LogP contribution in [-0.2, 0) is 16.0 Å². The van der Waals surface area contributed by atoms with Gasteiger partial charge < -0.3 is 10.5 Å². The maximum Gasteiger partial charge on any atom is 0.326 e. The summed E-state index contributed by atoms with van der Waals surface area (Å²) in [5, 5.41) is 8.67. The molecule has 0 saturated carbocycles. The van der Waals surface area contributed by atoms with Crippen molar-refractivity contribution in [2.75, 3.05) is 6.61 Å². The van der Waals surface area contributed by atoms with Crippen LogP contribution < -0.4 is 5.73 Å². The van der Waals surface area contributed by atoms with Crippen LogP contribution in [0.2, 0.25) is 0 Å². The van der Waals surface area contributed by atoms with Gasteiger partial charge in [0.25, 0.3) is 0 Å². The maximum atomic E-state index is 11.6. The van der Waals surface area contributed by atoms with E-state index in [1.54, 1.807) is 38.1 Å². The molecule has 1 aromatic carbocycles. The van der Waals surface area contributed by atoms with Crippen molar-refractivity contribution in [3.63, 3.8) is 0 Å². The monoisotopic (exact) mass is 232 g/mol. The molecule has 4 heteroatoms. The molecule has 90 valence electrons. The number of nitrogens with zero attached hydrogens (tertiary/aromatic N) is 1. The van der Waals surface area contributed by atoms with Crippen LogP contribution >= 0.6 is 0 Å². The standard InChI is InChI=1S/C13H16N2O2/c1-3-17-12(16)13(2,15)8-10-4-6-11(9-14)7-5-10/h4-7H,3,8,15H2,1-2H3/t13-/m0/s1. The summed E-state index contributed by atoms with van der Waals surface area (Å²) in [4.78, 5) is 11.6. The van der Waals surface area contributed by atoms with Gasteiger partial charge in [-0.3, -0.25) is 4.79 Å². The lowest BCUT2D eigenvalue weighted by molar-refractivity contribution is -0.148. The smallest absolute Gasteiger partial charge is 0.326 e. The fourth-order valence-corrected chi connectivity index (χ4v) is 1.49. The van der Waals surface area contributed by atoms with E-state index in [2.05, 4.69) is 0 Å². The molecule has 0 bridgehead atoms. The molecule has 1 atom stereocenters. The molecular weight excluding hydrogens is 216 g/mol. The number of benzene rings is 1. The van der Waals surface area contributed by atoms with Crippen LogP contribution in [0.3, 0.4) is 0 Å². The average Bonchev–Trinajstić information content (AvgIpc) is 2.30. The van der Waals surface area contributed by atoms with Gasteiger partial charge in [0.1, 0.15) is 5.54 Å². The molecule has 0 radical (unpaired) electrons. The number of hydrogen-bond acceptors (Lipinski definition) is 4. The van der Waals surface area contributed by atoms with Gasteiger partial charge in [-0.25, -0.2) is 0 Å². The Morgan fingerprint density at radius 1 is 1.47 bits per heavy atom. The van der Waals surface area contributed by atoms with Crippen LogP contribution in [-0.4, -0.2) is 18.1 Å². The number of rotatable bonds is 4. The summed E-state index contributed by atoms with van der Waals surface area (Å²) >= 11 is 0. The van der Waals surface area contributed by atoms with Crippen molar-refractivity contribution in [1.29, 1.82) is 5.26 Å². The highest BCUT2D eigenvalue weighted by molar-refractivity contribution is 5.80. The van der Waals surface area contributed by atoms with E-state index in [0.29, 0.717) is 18.6 Å². The van der Waals surface area contributed by atoms with E-state index in [1.807, 2.05) is 6.07 Å². The molecule has 0 unspecified atom stereocenters. The minimum absolute atomic E-state index is 0.318. The number of esters is 1. The summed E-state index contributed by atoms with van der Waals surface area (Å²) < 4.78 is 4.91. The normalized spacial score (nSPS) is 13.5. The van der Waals surface area contributed by atoms with Gasteiger partial charge in [0.15, 0.2) is 0 Å². The lowest BCUT2D eigenvalue weighted by Crippen LogP contribution is -2.48. The number of carbonyl (C=O) groups is 1. The molecule has 0 saturated heterocycles. The third-order valence-corrected chi connectivity index (χ3v) is 2.40. The molecule has 0 amide bonds. The van der Waals surface area contributed by atoms with Crippen molar-refractivity contribution in [3.05, 3.63) is 35.4 Å². The number of nitrogens with two attached hydrogens (primary N) is 1. The van der Waals surface area contributed by atoms with Crippen molar-refractivity contribution >= 4 is 5.97 Å². The van der Waals surface area contributed by atoms with Crippen LogP contribution in [0.15, 0.2) is 24.3 Å². The van der Waals surface area contributed by atoms with Gasteiger partial charge in [0, 0.05) is 6.42 Å². The molecule has 1 aromatic rings. The first-order valence-corrected chi connectivity index (χ1v) is 5.44. The SMILES string of the molecule is CCOC(=O)[C@@](C)(N)Cc1ccc(C#N)cc1. The lowest BCUT2D eigenvalue weighted by atomic mass is 9.93. The zero-order chi connectivity index (χ0) is 12.9. The van der Waals surface area contributed by atoms with Crippen molar-refractivity contribution in [3.8, 4) is 6.07 Å². The summed E-state index contributed by atoms with van der Waals surface area (Å²) in [6.07, 6.45) is 0.386. The van der Waals surface area contributed by atoms with E-state index in [9.17, 15) is 4.79 Å². The molecule has 0 spiro atoms. The van der Waals surface area contributed by atoms with Crippen molar-refractivity contribution in [2.24, 2.45) is 5.73 Å². The van der Waals surface area contributed by atoms with E-state index >= 15 is 0 Å². The summed E-state index contributed by atoms with van der Waals surface area (Å²) in [7, 11) is 0. The van der Waals surface area contributed by atoms with Gasteiger partial charge in [-0.05, 0) is 31.5 Å². The van der Waals surface area contributed by atoms with E-state index in [1.165, 1.54) is 0 Å². The van der Waals surface area contributed by atoms with Crippen molar-refractivity contribution in [2.45, 2.75) is 25.8 Å². The predicted octanol–water partition coefficient (Wildman–Crippen LogP) is 1.38. The zero-order valence-corrected chi connectivity index (χ0v) is 10.1. The first-order chi connectivity index (χ1) is 7.99. The average molecular weight is 232 g/mol. The zero-order valence-electron chi connectivity index (χ0n) is 10.1. The highest BCUT2D eigenvalue weighted by atomic mass is 16.5. The Morgan fingerprint density at radius 3 is 2.53 bits per heavy atom. The summed E-state index contributed by atoms with van der Waals surface area (Å²) in [6, 6.07) is 9.04. The van der Waals surface area contributed by atoms with Gasteiger partial charge in [0.05, 0.1) is 18.2 Å². The molecule has 17 heavy (non-hydrogen) atoms. The second-order valence-electron chi connectivity index (χ2n) is 4.12. The molecular formula is C13H16N2O2. The van der Waals surface area contributed by atoms with Gasteiger partial charge >= 0.3 is 5.97 Å². The molecule has 0 fully saturated rings. The minimum Gasteiger partial charge on any atom is -0.465 e. The number of hydrogen-bond donors (Lipinski definition) is 1. The first-order valence-electron chi connectivity index (χ1n) is 5.44. The van der Waals surface area contributed by atoms with Gasteiger partial charge in [-0.15, -0.1) is 0 Å². The lowest BCUT2D eigenvalue weighted by Gasteiger charge is -2.22. The summed E-state index contributed by atoms with van der Waals surface area (Å²) in [6.45, 7) is 3.71. The molecule has 0 aliphatic carbocycles. The van der Waals surface area contributed by atoms with Crippen LogP contribution in [0, 0.1) is 11.3 Å². The number of nitriles is 1. The number of carbonyl (C=O) groups excluding carboxylic acids is 1. The quantitative estimate of drug-likeness (QED) is 0.796. The Morgan fingerprint density at radius 2 is 2.06 bits per heavy atom. The third kappa shape index (κ3) is 3.58. The van der Waals surface area contributed by atoms with Crippen LogP contribution in [0.1, 0.15) is 25.0 Å². The molecule has 0 aliphatic rings. The Kier molecular flexibility index (Phi) is 4.24. The van der Waals surface area contributed by atoms with Crippen LogP contribution in [0.25, 0.3) is 0 Å². The van der Waals surface area contributed by atoms with Crippen molar-refractivity contribution < 1.29 is 9.53 Å². The second kappa shape index (κ2) is 5.46. The maximum absolute atomic E-state index is 11.6. The Bertz CT molecular complexity index is 430. The highest BCUT2D eigenvalue weighted by Gasteiger charge is 2.30. The Hall–Kier alpha value is -1.86. The summed E-state index contributed by atoms with van der Waals surface area (Å²) in [5.74, 6) is -0.413.